The van der Waals surface area contributed by atoms with Crippen LogP contribution in [0.4, 0.5) is 0 Å². The first-order chi connectivity index (χ1) is 29.3. The highest BCUT2D eigenvalue weighted by Crippen LogP contribution is 2.62. The Morgan fingerprint density at radius 1 is 0.373 bits per heavy atom. The minimum atomic E-state index is -0.617. The van der Waals surface area contributed by atoms with E-state index in [0.29, 0.717) is 17.6 Å². The topological polar surface area (TPSA) is 61.4 Å². The van der Waals surface area contributed by atoms with Crippen LogP contribution in [0, 0.1) is 0 Å². The van der Waals surface area contributed by atoms with Crippen molar-refractivity contribution in [2.24, 2.45) is 0 Å². The minimum Gasteiger partial charge on any atom is -0.295 e. The molecule has 1 aliphatic carbocycles. The Balaban J connectivity index is 1.08. The Hall–Kier alpha value is -7.96. The van der Waals surface area contributed by atoms with Crippen LogP contribution in [0.2, 0.25) is 0 Å². The Bertz CT molecular complexity index is 3400. The van der Waals surface area contributed by atoms with Crippen LogP contribution in [0.1, 0.15) is 22.5 Å². The third-order valence-corrected chi connectivity index (χ3v) is 12.4. The number of benzene rings is 8. The number of para-hydroxylation sites is 3. The number of imidazole rings is 1. The summed E-state index contributed by atoms with van der Waals surface area (Å²) < 4.78 is 4.60. The normalized spacial score (nSPS) is 13.2. The minimum absolute atomic E-state index is 0.577. The molecule has 6 nitrogen and oxygen atoms in total. The van der Waals surface area contributed by atoms with Crippen molar-refractivity contribution in [1.29, 1.82) is 0 Å². The molecule has 0 bridgehead atoms. The highest BCUT2D eigenvalue weighted by atomic mass is 15.2. The van der Waals surface area contributed by atoms with Crippen LogP contribution in [0.3, 0.4) is 0 Å². The average molecular weight is 753 g/mol. The zero-order chi connectivity index (χ0) is 38.7. The van der Waals surface area contributed by atoms with Gasteiger partial charge in [-0.3, -0.25) is 9.13 Å². The first-order valence-corrected chi connectivity index (χ1v) is 20.0. The van der Waals surface area contributed by atoms with Crippen molar-refractivity contribution >= 4 is 32.8 Å². The van der Waals surface area contributed by atoms with Gasteiger partial charge >= 0.3 is 0 Å². The number of hydrogen-bond donors (Lipinski definition) is 0. The molecule has 4 heterocycles. The molecule has 0 saturated heterocycles. The zero-order valence-corrected chi connectivity index (χ0v) is 31.7. The molecule has 0 amide bonds. The van der Waals surface area contributed by atoms with Crippen LogP contribution in [0.5, 0.6) is 0 Å². The molecule has 1 aliphatic heterocycles. The number of aromatic nitrogens is 6. The van der Waals surface area contributed by atoms with Gasteiger partial charge in [0.15, 0.2) is 11.6 Å². The Morgan fingerprint density at radius 3 is 1.66 bits per heavy atom. The summed E-state index contributed by atoms with van der Waals surface area (Å²) in [6, 6.07) is 68.8. The molecule has 0 unspecified atom stereocenters. The molecule has 6 heteroatoms. The van der Waals surface area contributed by atoms with Gasteiger partial charge in [0.2, 0.25) is 5.95 Å². The standard InChI is InChI=1S/C53H32N6/c1-3-16-33(17-4-1)49-55-50(34-18-5-2-6-19-34)57-52(56-49)59-44-27-13-9-22-39(44)40-32-35(30-31-45(40)59)36-23-15-29-47-48(36)53(51-54-43-26-12-14-28-46(43)58(47)51)41-24-10-7-20-37(41)38-21-8-11-25-42(38)53/h1-32H. The highest BCUT2D eigenvalue weighted by Gasteiger charge is 2.55. The summed E-state index contributed by atoms with van der Waals surface area (Å²) in [5.41, 5.74) is 15.2. The molecule has 274 valence electrons. The van der Waals surface area contributed by atoms with Crippen LogP contribution < -0.4 is 0 Å². The first-order valence-electron chi connectivity index (χ1n) is 20.0. The lowest BCUT2D eigenvalue weighted by Crippen LogP contribution is -2.27. The number of rotatable bonds is 4. The Kier molecular flexibility index (Phi) is 6.55. The molecule has 0 atom stereocenters. The van der Waals surface area contributed by atoms with E-state index in [4.69, 9.17) is 19.9 Å². The lowest BCUT2D eigenvalue weighted by atomic mass is 9.70. The van der Waals surface area contributed by atoms with E-state index in [0.717, 1.165) is 61.0 Å². The highest BCUT2D eigenvalue weighted by molar-refractivity contribution is 6.10. The fourth-order valence-electron chi connectivity index (χ4n) is 9.99. The summed E-state index contributed by atoms with van der Waals surface area (Å²) >= 11 is 0. The molecule has 3 aromatic heterocycles. The molecule has 11 aromatic rings. The summed E-state index contributed by atoms with van der Waals surface area (Å²) in [5, 5.41) is 2.26. The molecule has 2 aliphatic rings. The molecule has 8 aromatic carbocycles. The summed E-state index contributed by atoms with van der Waals surface area (Å²) in [4.78, 5) is 20.8. The maximum atomic E-state index is 5.50. The van der Waals surface area contributed by atoms with Crippen LogP contribution >= 0.6 is 0 Å². The summed E-state index contributed by atoms with van der Waals surface area (Å²) in [5.74, 6) is 2.87. The van der Waals surface area contributed by atoms with Gasteiger partial charge < -0.3 is 0 Å². The van der Waals surface area contributed by atoms with Crippen molar-refractivity contribution < 1.29 is 0 Å². The van der Waals surface area contributed by atoms with E-state index in [1.54, 1.807) is 0 Å². The van der Waals surface area contributed by atoms with Crippen molar-refractivity contribution in [1.82, 2.24) is 29.1 Å². The maximum Gasteiger partial charge on any atom is 0.238 e. The monoisotopic (exact) mass is 752 g/mol. The van der Waals surface area contributed by atoms with Gasteiger partial charge in [-0.1, -0.05) is 158 Å². The molecular weight excluding hydrogens is 721 g/mol. The van der Waals surface area contributed by atoms with E-state index in [9.17, 15) is 0 Å². The summed E-state index contributed by atoms with van der Waals surface area (Å²) in [6.07, 6.45) is 0. The quantitative estimate of drug-likeness (QED) is 0.180. The molecular formula is C53H32N6. The van der Waals surface area contributed by atoms with Crippen molar-refractivity contribution in [3.8, 4) is 56.7 Å². The fourth-order valence-corrected chi connectivity index (χ4v) is 9.99. The van der Waals surface area contributed by atoms with Crippen LogP contribution in [-0.4, -0.2) is 29.1 Å². The number of nitrogens with zero attached hydrogens (tertiary/aromatic N) is 6. The molecule has 0 saturated carbocycles. The number of fused-ring (bicyclic) bond motifs is 15. The average Bonchev–Trinajstić information content (AvgIpc) is 4.03. The van der Waals surface area contributed by atoms with Gasteiger partial charge in [-0.15, -0.1) is 0 Å². The van der Waals surface area contributed by atoms with Crippen molar-refractivity contribution in [2.45, 2.75) is 5.41 Å². The van der Waals surface area contributed by atoms with Crippen molar-refractivity contribution in [2.75, 3.05) is 0 Å². The van der Waals surface area contributed by atoms with Crippen molar-refractivity contribution in [3.63, 3.8) is 0 Å². The van der Waals surface area contributed by atoms with Crippen LogP contribution in [0.15, 0.2) is 194 Å². The first kappa shape index (κ1) is 32.2. The molecule has 0 fully saturated rings. The maximum absolute atomic E-state index is 5.50. The molecule has 0 N–H and O–H groups in total. The smallest absolute Gasteiger partial charge is 0.238 e. The largest absolute Gasteiger partial charge is 0.295 e. The molecule has 59 heavy (non-hydrogen) atoms. The lowest BCUT2D eigenvalue weighted by Gasteiger charge is -2.29. The van der Waals surface area contributed by atoms with Gasteiger partial charge in [0.25, 0.3) is 0 Å². The van der Waals surface area contributed by atoms with E-state index < -0.39 is 5.41 Å². The van der Waals surface area contributed by atoms with Gasteiger partial charge in [-0.25, -0.2) is 9.97 Å². The van der Waals surface area contributed by atoms with Crippen LogP contribution in [-0.2, 0) is 5.41 Å². The van der Waals surface area contributed by atoms with E-state index in [2.05, 4.69) is 143 Å². The second kappa shape index (κ2) is 12.0. The van der Waals surface area contributed by atoms with Gasteiger partial charge in [0, 0.05) is 27.5 Å². The lowest BCUT2D eigenvalue weighted by molar-refractivity contribution is 0.739. The molecule has 13 rings (SSSR count). The number of hydrogen-bond acceptors (Lipinski definition) is 4. The van der Waals surface area contributed by atoms with E-state index in [-0.39, 0.29) is 0 Å². The summed E-state index contributed by atoms with van der Waals surface area (Å²) in [7, 11) is 0. The Labute approximate surface area is 339 Å². The SMILES string of the molecule is c1ccc(-c2nc(-c3ccccc3)nc(-n3c4ccccc4c4cc(-c5cccc6c5C5(c7ccccc7-c7ccccc75)c5nc7ccccc7n5-6)ccc43)n2)cc1. The Morgan fingerprint density at radius 2 is 0.949 bits per heavy atom. The predicted molar refractivity (Wildman–Crippen MR) is 236 cm³/mol. The van der Waals surface area contributed by atoms with E-state index >= 15 is 0 Å². The summed E-state index contributed by atoms with van der Waals surface area (Å²) in [6.45, 7) is 0. The van der Waals surface area contributed by atoms with Gasteiger partial charge in [0.05, 0.1) is 27.8 Å². The second-order valence-corrected chi connectivity index (χ2v) is 15.4. The molecule has 1 spiro atoms. The van der Waals surface area contributed by atoms with Gasteiger partial charge in [-0.2, -0.15) is 9.97 Å². The third kappa shape index (κ3) is 4.34. The fraction of sp³-hybridized carbons (Fsp3) is 0.0189. The second-order valence-electron chi connectivity index (χ2n) is 15.4. The van der Waals surface area contributed by atoms with E-state index in [1.807, 2.05) is 60.7 Å². The predicted octanol–water partition coefficient (Wildman–Crippen LogP) is 12.0. The van der Waals surface area contributed by atoms with Gasteiger partial charge in [-0.05, 0) is 69.8 Å². The molecule has 0 radical (unpaired) electrons. The van der Waals surface area contributed by atoms with Crippen molar-refractivity contribution in [3.05, 3.63) is 217 Å². The van der Waals surface area contributed by atoms with E-state index in [1.165, 1.54) is 33.4 Å². The zero-order valence-electron chi connectivity index (χ0n) is 31.7. The third-order valence-electron chi connectivity index (χ3n) is 12.4. The van der Waals surface area contributed by atoms with Gasteiger partial charge in [0.1, 0.15) is 11.2 Å². The van der Waals surface area contributed by atoms with Crippen LogP contribution in [0.25, 0.3) is 89.5 Å².